The van der Waals surface area contributed by atoms with Gasteiger partial charge in [-0.25, -0.2) is 22.9 Å². The van der Waals surface area contributed by atoms with E-state index in [0.717, 1.165) is 41.2 Å². The number of aromatic nitrogens is 2. The molecule has 37 heavy (non-hydrogen) atoms. The highest BCUT2D eigenvalue weighted by atomic mass is 32.2. The summed E-state index contributed by atoms with van der Waals surface area (Å²) in [6.45, 7) is 1.94. The van der Waals surface area contributed by atoms with Gasteiger partial charge in [0.15, 0.2) is 0 Å². The minimum absolute atomic E-state index is 0.450. The number of aromatic amines is 1. The Morgan fingerprint density at radius 2 is 1.81 bits per heavy atom. The fourth-order valence-corrected chi connectivity index (χ4v) is 4.62. The monoisotopic (exact) mass is 554 g/mol. The number of sulfonamides is 1. The minimum atomic E-state index is -5.08. The van der Waals surface area contributed by atoms with Gasteiger partial charge in [-0.05, 0) is 59.3 Å². The summed E-state index contributed by atoms with van der Waals surface area (Å²) in [6.07, 6.45) is -3.16. The van der Waals surface area contributed by atoms with Crippen molar-refractivity contribution in [1.29, 1.82) is 0 Å². The first-order chi connectivity index (χ1) is 17.4. The molecule has 0 fully saturated rings. The lowest BCUT2D eigenvalue weighted by Crippen LogP contribution is -2.26. The molecule has 2 heterocycles. The minimum Gasteiger partial charge on any atom is -0.475 e. The Hall–Kier alpha value is -3.26. The van der Waals surface area contributed by atoms with Crippen LogP contribution in [0.1, 0.15) is 12.0 Å². The maximum atomic E-state index is 11.1. The molecule has 0 bridgehead atoms. The van der Waals surface area contributed by atoms with Crippen LogP contribution < -0.4 is 10.0 Å². The second-order valence-electron chi connectivity index (χ2n) is 8.00. The zero-order valence-electron chi connectivity index (χ0n) is 19.7. The number of nitrogens with one attached hydrogen (secondary N) is 3. The molecular weight excluding hydrogens is 529 g/mol. The number of hydrogen-bond acceptors (Lipinski definition) is 6. The normalized spacial score (nSPS) is 11.8. The van der Waals surface area contributed by atoms with Gasteiger partial charge in [0.2, 0.25) is 10.0 Å². The average molecular weight is 555 g/mol. The van der Waals surface area contributed by atoms with Crippen molar-refractivity contribution in [3.63, 3.8) is 0 Å². The second kappa shape index (κ2) is 12.3. The van der Waals surface area contributed by atoms with Crippen LogP contribution in [0.2, 0.25) is 0 Å². The lowest BCUT2D eigenvalue weighted by atomic mass is 10.1. The van der Waals surface area contributed by atoms with Crippen molar-refractivity contribution in [3.05, 3.63) is 65.5 Å². The summed E-state index contributed by atoms with van der Waals surface area (Å²) in [4.78, 5) is 18.1. The number of carbonyl (C=O) groups is 1. The van der Waals surface area contributed by atoms with Gasteiger partial charge < -0.3 is 15.4 Å². The Morgan fingerprint density at radius 3 is 2.49 bits per heavy atom. The molecular formula is C24H25F3N4O4S2. The molecule has 4 N–H and O–H groups in total. The Balaban J connectivity index is 0.000000479. The molecule has 198 valence electrons. The van der Waals surface area contributed by atoms with Crippen molar-refractivity contribution in [2.24, 2.45) is 0 Å². The largest absolute Gasteiger partial charge is 0.490 e. The van der Waals surface area contributed by atoms with E-state index in [4.69, 9.17) is 9.90 Å². The standard InChI is InChI=1S/C22H24N4O2S2.C2HF3O2/c1-30(27,28)24-11-5-10-23-14-16-6-4-7-17(12-16)18-13-21(29-15-18)22-25-19-8-2-3-9-20(19)26-22;3-2(4,5)1(6)7/h2-4,6-9,12-13,15,23-24H,5,10-11,14H2,1H3,(H,25,26);(H,6,7). The Bertz CT molecular complexity index is 1420. The molecule has 0 amide bonds. The number of aliphatic carboxylic acids is 1. The predicted molar refractivity (Wildman–Crippen MR) is 138 cm³/mol. The highest BCUT2D eigenvalue weighted by Gasteiger charge is 2.38. The van der Waals surface area contributed by atoms with Crippen LogP contribution in [0.15, 0.2) is 60.0 Å². The molecule has 0 spiro atoms. The number of alkyl halides is 3. The van der Waals surface area contributed by atoms with Gasteiger partial charge in [-0.2, -0.15) is 13.2 Å². The number of halogens is 3. The van der Waals surface area contributed by atoms with E-state index in [-0.39, 0.29) is 0 Å². The molecule has 4 rings (SSSR count). The average Bonchev–Trinajstić information content (AvgIpc) is 3.48. The number of H-pyrrole nitrogens is 1. The van der Waals surface area contributed by atoms with Crippen LogP contribution >= 0.6 is 11.3 Å². The van der Waals surface area contributed by atoms with Crippen molar-refractivity contribution in [1.82, 2.24) is 20.0 Å². The van der Waals surface area contributed by atoms with Gasteiger partial charge in [0, 0.05) is 13.1 Å². The first kappa shape index (κ1) is 28.3. The van der Waals surface area contributed by atoms with Crippen LogP contribution in [-0.4, -0.2) is 55.0 Å². The maximum Gasteiger partial charge on any atom is 0.490 e. The number of rotatable bonds is 9. The van der Waals surface area contributed by atoms with Gasteiger partial charge >= 0.3 is 12.1 Å². The Labute approximate surface area is 215 Å². The van der Waals surface area contributed by atoms with Gasteiger partial charge in [-0.1, -0.05) is 30.3 Å². The smallest absolute Gasteiger partial charge is 0.475 e. The topological polar surface area (TPSA) is 124 Å². The van der Waals surface area contributed by atoms with Gasteiger partial charge in [0.05, 0.1) is 22.2 Å². The van der Waals surface area contributed by atoms with E-state index in [0.29, 0.717) is 6.54 Å². The lowest BCUT2D eigenvalue weighted by molar-refractivity contribution is -0.192. The number of carboxylic acids is 1. The SMILES string of the molecule is CS(=O)(=O)NCCCNCc1cccc(-c2csc(-c3nc4ccccc4[nH]3)c2)c1.O=C(O)C(F)(F)F. The molecule has 13 heteroatoms. The fourth-order valence-electron chi connectivity index (χ4n) is 3.25. The van der Waals surface area contributed by atoms with E-state index in [9.17, 15) is 21.6 Å². The maximum absolute atomic E-state index is 11.1. The third-order valence-corrected chi connectivity index (χ3v) is 6.61. The molecule has 0 atom stereocenters. The number of carboxylic acid groups (broad SMARTS) is 1. The van der Waals surface area contributed by atoms with Crippen LogP contribution in [0, 0.1) is 0 Å². The molecule has 0 radical (unpaired) electrons. The van der Waals surface area contributed by atoms with E-state index in [1.54, 1.807) is 11.3 Å². The zero-order chi connectivity index (χ0) is 27.1. The first-order valence-corrected chi connectivity index (χ1v) is 13.8. The summed E-state index contributed by atoms with van der Waals surface area (Å²) in [5.74, 6) is -1.86. The predicted octanol–water partition coefficient (Wildman–Crippen LogP) is 4.62. The van der Waals surface area contributed by atoms with E-state index < -0.39 is 22.2 Å². The highest BCUT2D eigenvalue weighted by Crippen LogP contribution is 2.32. The summed E-state index contributed by atoms with van der Waals surface area (Å²) in [6, 6.07) is 18.7. The lowest BCUT2D eigenvalue weighted by Gasteiger charge is -2.07. The fraction of sp³-hybridized carbons (Fsp3) is 0.250. The van der Waals surface area contributed by atoms with Crippen LogP contribution in [0.25, 0.3) is 32.9 Å². The number of nitrogens with zero attached hydrogens (tertiary/aromatic N) is 1. The zero-order valence-corrected chi connectivity index (χ0v) is 21.3. The number of hydrogen-bond donors (Lipinski definition) is 4. The summed E-state index contributed by atoms with van der Waals surface area (Å²) < 4.78 is 56.4. The van der Waals surface area contributed by atoms with E-state index in [1.807, 2.05) is 24.3 Å². The summed E-state index contributed by atoms with van der Waals surface area (Å²) in [5, 5.41) is 12.6. The number of para-hydroxylation sites is 2. The Kier molecular flexibility index (Phi) is 9.43. The van der Waals surface area contributed by atoms with Crippen LogP contribution in [-0.2, 0) is 21.4 Å². The van der Waals surface area contributed by atoms with E-state index >= 15 is 0 Å². The van der Waals surface area contributed by atoms with E-state index in [1.165, 1.54) is 22.9 Å². The highest BCUT2D eigenvalue weighted by molar-refractivity contribution is 7.88. The van der Waals surface area contributed by atoms with Crippen molar-refractivity contribution in [2.45, 2.75) is 19.1 Å². The van der Waals surface area contributed by atoms with Crippen molar-refractivity contribution in [3.8, 4) is 21.8 Å². The molecule has 0 aliphatic rings. The van der Waals surface area contributed by atoms with E-state index in [2.05, 4.69) is 55.7 Å². The molecule has 4 aromatic rings. The third kappa shape index (κ3) is 8.97. The van der Waals surface area contributed by atoms with Gasteiger partial charge in [0.1, 0.15) is 5.82 Å². The van der Waals surface area contributed by atoms with Crippen LogP contribution in [0.3, 0.4) is 0 Å². The van der Waals surface area contributed by atoms with Gasteiger partial charge in [-0.3, -0.25) is 0 Å². The van der Waals surface area contributed by atoms with Crippen LogP contribution in [0.5, 0.6) is 0 Å². The number of imidazole rings is 1. The summed E-state index contributed by atoms with van der Waals surface area (Å²) >= 11 is 1.68. The molecule has 2 aromatic carbocycles. The van der Waals surface area contributed by atoms with Gasteiger partial charge in [-0.15, -0.1) is 11.3 Å². The summed E-state index contributed by atoms with van der Waals surface area (Å²) in [7, 11) is -3.11. The third-order valence-electron chi connectivity index (χ3n) is 4.95. The molecule has 8 nitrogen and oxygen atoms in total. The van der Waals surface area contributed by atoms with Gasteiger partial charge in [0.25, 0.3) is 0 Å². The van der Waals surface area contributed by atoms with Crippen LogP contribution in [0.4, 0.5) is 13.2 Å². The molecule has 0 aliphatic heterocycles. The quantitative estimate of drug-likeness (QED) is 0.224. The number of benzene rings is 2. The van der Waals surface area contributed by atoms with Crippen molar-refractivity contribution >= 4 is 38.4 Å². The van der Waals surface area contributed by atoms with Crippen molar-refractivity contribution in [2.75, 3.05) is 19.3 Å². The first-order valence-electron chi connectivity index (χ1n) is 11.0. The number of thiophene rings is 1. The molecule has 0 saturated heterocycles. The second-order valence-corrected chi connectivity index (χ2v) is 10.7. The summed E-state index contributed by atoms with van der Waals surface area (Å²) in [5.41, 5.74) is 5.56. The van der Waals surface area contributed by atoms with Crippen molar-refractivity contribution < 1.29 is 31.5 Å². The number of fused-ring (bicyclic) bond motifs is 1. The molecule has 2 aromatic heterocycles. The molecule has 0 saturated carbocycles. The molecule has 0 aliphatic carbocycles. The Morgan fingerprint density at radius 1 is 1.08 bits per heavy atom. The molecule has 0 unspecified atom stereocenters.